The monoisotopic (exact) mass is 369 g/mol. The van der Waals surface area contributed by atoms with Crippen molar-refractivity contribution in [2.75, 3.05) is 0 Å². The van der Waals surface area contributed by atoms with Gasteiger partial charge in [-0.15, -0.1) is 11.6 Å². The van der Waals surface area contributed by atoms with Gasteiger partial charge in [-0.25, -0.2) is 9.18 Å². The van der Waals surface area contributed by atoms with Gasteiger partial charge < -0.3 is 4.42 Å². The summed E-state index contributed by atoms with van der Waals surface area (Å²) in [5.74, 6) is -0.824. The van der Waals surface area contributed by atoms with Gasteiger partial charge >= 0.3 is 5.76 Å². The van der Waals surface area contributed by atoms with E-state index in [1.807, 2.05) is 0 Å². The first-order valence-electron chi connectivity index (χ1n) is 6.16. The smallest absolute Gasteiger partial charge is 0.408 e. The van der Waals surface area contributed by atoms with E-state index >= 15 is 0 Å². The molecule has 108 valence electrons. The van der Waals surface area contributed by atoms with Crippen molar-refractivity contribution in [1.82, 2.24) is 4.57 Å². The lowest BCUT2D eigenvalue weighted by Gasteiger charge is -2.12. The summed E-state index contributed by atoms with van der Waals surface area (Å²) < 4.78 is 21.2. The number of aryl methyl sites for hydroxylation is 1. The third kappa shape index (κ3) is 2.51. The van der Waals surface area contributed by atoms with Crippen LogP contribution >= 0.6 is 27.5 Å². The standard InChI is InChI=1S/C15H10BrClFNO2/c1-19-12-5-2-8(6-13(12)21-15(19)20)14(17)10-7-9(16)3-4-11(10)18/h2-7,14H,1H3. The number of alkyl halides is 1. The number of fused-ring (bicyclic) bond motifs is 1. The van der Waals surface area contributed by atoms with E-state index in [2.05, 4.69) is 15.9 Å². The first kappa shape index (κ1) is 14.4. The molecule has 0 spiro atoms. The van der Waals surface area contributed by atoms with Crippen molar-refractivity contribution in [3.8, 4) is 0 Å². The maximum atomic E-state index is 13.9. The lowest BCUT2D eigenvalue weighted by atomic mass is 10.0. The second-order valence-corrected chi connectivity index (χ2v) is 6.03. The third-order valence-electron chi connectivity index (χ3n) is 3.34. The van der Waals surface area contributed by atoms with Crippen LogP contribution in [0.1, 0.15) is 16.5 Å². The highest BCUT2D eigenvalue weighted by atomic mass is 79.9. The molecule has 3 aromatic rings. The molecule has 0 fully saturated rings. The summed E-state index contributed by atoms with van der Waals surface area (Å²) in [6.45, 7) is 0. The molecule has 1 aromatic heterocycles. The number of nitrogens with zero attached hydrogens (tertiary/aromatic N) is 1. The molecule has 0 bridgehead atoms. The van der Waals surface area contributed by atoms with E-state index in [1.165, 1.54) is 10.6 Å². The largest absolute Gasteiger partial charge is 0.419 e. The van der Waals surface area contributed by atoms with Gasteiger partial charge in [0.2, 0.25) is 0 Å². The number of rotatable bonds is 2. The van der Waals surface area contributed by atoms with E-state index < -0.39 is 11.1 Å². The van der Waals surface area contributed by atoms with Crippen LogP contribution in [0.4, 0.5) is 4.39 Å². The van der Waals surface area contributed by atoms with Crippen molar-refractivity contribution < 1.29 is 8.81 Å². The molecule has 6 heteroatoms. The molecule has 21 heavy (non-hydrogen) atoms. The number of hydrogen-bond donors (Lipinski definition) is 0. The molecule has 0 aliphatic carbocycles. The van der Waals surface area contributed by atoms with Gasteiger partial charge in [-0.3, -0.25) is 4.57 Å². The first-order chi connectivity index (χ1) is 9.97. The molecule has 0 radical (unpaired) electrons. The fourth-order valence-corrected chi connectivity index (χ4v) is 2.88. The topological polar surface area (TPSA) is 35.1 Å². The second-order valence-electron chi connectivity index (χ2n) is 4.68. The maximum Gasteiger partial charge on any atom is 0.419 e. The van der Waals surface area contributed by atoms with Crippen molar-refractivity contribution in [3.63, 3.8) is 0 Å². The summed E-state index contributed by atoms with van der Waals surface area (Å²) in [4.78, 5) is 11.5. The van der Waals surface area contributed by atoms with E-state index in [-0.39, 0.29) is 5.82 Å². The molecule has 0 saturated carbocycles. The van der Waals surface area contributed by atoms with E-state index in [1.54, 1.807) is 37.4 Å². The molecule has 1 atom stereocenters. The number of halogens is 3. The third-order valence-corrected chi connectivity index (χ3v) is 4.32. The Morgan fingerprint density at radius 2 is 2.05 bits per heavy atom. The molecule has 0 N–H and O–H groups in total. The van der Waals surface area contributed by atoms with Crippen molar-refractivity contribution in [3.05, 3.63) is 68.4 Å². The second kappa shape index (κ2) is 5.31. The summed E-state index contributed by atoms with van der Waals surface area (Å²) >= 11 is 9.67. The van der Waals surface area contributed by atoms with Gasteiger partial charge in [0.1, 0.15) is 5.82 Å². The van der Waals surface area contributed by atoms with Crippen LogP contribution in [0, 0.1) is 5.82 Å². The summed E-state index contributed by atoms with van der Waals surface area (Å²) in [5, 5.41) is -0.669. The normalized spacial score (nSPS) is 12.8. The highest BCUT2D eigenvalue weighted by Crippen LogP contribution is 2.33. The average molecular weight is 371 g/mol. The minimum absolute atomic E-state index is 0.365. The minimum Gasteiger partial charge on any atom is -0.408 e. The Bertz CT molecular complexity index is 887. The van der Waals surface area contributed by atoms with E-state index in [0.717, 1.165) is 4.47 Å². The molecule has 3 nitrogen and oxygen atoms in total. The van der Waals surface area contributed by atoms with Crippen LogP contribution in [-0.4, -0.2) is 4.57 Å². The molecule has 3 rings (SSSR count). The Hall–Kier alpha value is -1.59. The zero-order valence-corrected chi connectivity index (χ0v) is 13.3. The van der Waals surface area contributed by atoms with Crippen LogP contribution in [0.5, 0.6) is 0 Å². The van der Waals surface area contributed by atoms with E-state index in [4.69, 9.17) is 16.0 Å². The van der Waals surface area contributed by atoms with Crippen LogP contribution in [0.25, 0.3) is 11.1 Å². The highest BCUT2D eigenvalue weighted by Gasteiger charge is 2.17. The van der Waals surface area contributed by atoms with Crippen molar-refractivity contribution >= 4 is 38.6 Å². The molecule has 0 amide bonds. The van der Waals surface area contributed by atoms with Gasteiger partial charge in [0.05, 0.1) is 10.9 Å². The Morgan fingerprint density at radius 3 is 2.81 bits per heavy atom. The minimum atomic E-state index is -0.669. The van der Waals surface area contributed by atoms with Gasteiger partial charge in [0, 0.05) is 17.1 Å². The zero-order chi connectivity index (χ0) is 15.1. The molecule has 0 aliphatic rings. The molecule has 1 unspecified atom stereocenters. The Morgan fingerprint density at radius 1 is 1.29 bits per heavy atom. The lowest BCUT2D eigenvalue weighted by Crippen LogP contribution is -2.08. The van der Waals surface area contributed by atoms with E-state index in [9.17, 15) is 9.18 Å². The fourth-order valence-electron chi connectivity index (χ4n) is 2.20. The summed E-state index contributed by atoms with van der Waals surface area (Å²) in [6.07, 6.45) is 0. The van der Waals surface area contributed by atoms with Gasteiger partial charge in [-0.1, -0.05) is 22.0 Å². The van der Waals surface area contributed by atoms with Crippen LogP contribution in [0.15, 0.2) is 50.1 Å². The summed E-state index contributed by atoms with van der Waals surface area (Å²) in [6, 6.07) is 9.76. The first-order valence-corrected chi connectivity index (χ1v) is 7.39. The van der Waals surface area contributed by atoms with Crippen molar-refractivity contribution in [1.29, 1.82) is 0 Å². The van der Waals surface area contributed by atoms with Crippen LogP contribution in [0.3, 0.4) is 0 Å². The molecule has 2 aromatic carbocycles. The van der Waals surface area contributed by atoms with Crippen LogP contribution in [-0.2, 0) is 7.05 Å². The Labute approximate surface area is 133 Å². The summed E-state index contributed by atoms with van der Waals surface area (Å²) in [7, 11) is 1.62. The average Bonchev–Trinajstić information content (AvgIpc) is 2.75. The molecule has 0 saturated heterocycles. The van der Waals surface area contributed by atoms with Gasteiger partial charge in [0.15, 0.2) is 5.58 Å². The number of oxazole rings is 1. The maximum absolute atomic E-state index is 13.9. The predicted octanol–water partition coefficient (Wildman–Crippen LogP) is 4.36. The van der Waals surface area contributed by atoms with Gasteiger partial charge in [0.25, 0.3) is 0 Å². The van der Waals surface area contributed by atoms with Crippen molar-refractivity contribution in [2.24, 2.45) is 7.05 Å². The van der Waals surface area contributed by atoms with Gasteiger partial charge in [-0.2, -0.15) is 0 Å². The van der Waals surface area contributed by atoms with E-state index in [0.29, 0.717) is 22.2 Å². The Kier molecular flexibility index (Phi) is 3.63. The Balaban J connectivity index is 2.11. The zero-order valence-electron chi connectivity index (χ0n) is 10.9. The fraction of sp³-hybridized carbons (Fsp3) is 0.133. The predicted molar refractivity (Wildman–Crippen MR) is 83.3 cm³/mol. The van der Waals surface area contributed by atoms with Crippen LogP contribution < -0.4 is 5.76 Å². The number of aromatic nitrogens is 1. The number of hydrogen-bond acceptors (Lipinski definition) is 2. The van der Waals surface area contributed by atoms with Crippen molar-refractivity contribution in [2.45, 2.75) is 5.38 Å². The molecule has 1 heterocycles. The molecule has 0 aliphatic heterocycles. The van der Waals surface area contributed by atoms with Crippen LogP contribution in [0.2, 0.25) is 0 Å². The summed E-state index contributed by atoms with van der Waals surface area (Å²) in [5.41, 5.74) is 2.13. The quantitative estimate of drug-likeness (QED) is 0.628. The molecular weight excluding hydrogens is 361 g/mol. The van der Waals surface area contributed by atoms with Gasteiger partial charge in [-0.05, 0) is 35.9 Å². The highest BCUT2D eigenvalue weighted by molar-refractivity contribution is 9.10. The molecular formula is C15H10BrClFNO2. The number of benzene rings is 2. The lowest BCUT2D eigenvalue weighted by molar-refractivity contribution is 0.528. The SMILES string of the molecule is Cn1c(=O)oc2cc(C(Cl)c3cc(Br)ccc3F)ccc21.